The molecule has 0 radical (unpaired) electrons. The van der Waals surface area contributed by atoms with Crippen molar-refractivity contribution in [1.82, 2.24) is 4.31 Å². The number of thioether (sulfide) groups is 1. The Labute approximate surface area is 243 Å². The van der Waals surface area contributed by atoms with Crippen LogP contribution in [0.15, 0.2) is 60.7 Å². The molecule has 0 aliphatic carbocycles. The zero-order valence-electron chi connectivity index (χ0n) is 25.5. The van der Waals surface area contributed by atoms with E-state index in [1.165, 1.54) is 22.3 Å². The molecular weight excluding hydrogens is 543 g/mol. The Morgan fingerprint density at radius 2 is 1.46 bits per heavy atom. The third kappa shape index (κ3) is 9.85. The first-order valence-corrected chi connectivity index (χ1v) is 19.5. The highest BCUT2D eigenvalue weighted by atomic mass is 32.2. The van der Waals surface area contributed by atoms with Crippen LogP contribution in [0.5, 0.6) is 0 Å². The topological polar surface area (TPSA) is 63.7 Å². The summed E-state index contributed by atoms with van der Waals surface area (Å²) in [5.41, 5.74) is 1.84. The molecule has 0 heterocycles. The van der Waals surface area contributed by atoms with Crippen molar-refractivity contribution in [2.24, 2.45) is 11.8 Å². The molecule has 0 spiro atoms. The number of carbonyl (C=O) groups excluding carboxylic acids is 1. The van der Waals surface area contributed by atoms with Crippen molar-refractivity contribution in [3.05, 3.63) is 71.8 Å². The van der Waals surface area contributed by atoms with Gasteiger partial charge in [-0.25, -0.2) is 8.42 Å². The number of rotatable bonds is 13. The first-order valence-electron chi connectivity index (χ1n) is 13.9. The summed E-state index contributed by atoms with van der Waals surface area (Å²) in [5, 5.41) is -0.299. The largest absolute Gasteiger partial charge is 0.413 e. The SMILES string of the molecule is CC(C)C[C@H](O[Si](C)(C)C(C)(C)C)[C@H](C)C(=O)S[C@@H](c1ccccc1)[C@@H](C)N(Cc1ccccc1)S(C)(=O)=O. The second-order valence-electron chi connectivity index (χ2n) is 12.6. The van der Waals surface area contributed by atoms with Gasteiger partial charge in [0.1, 0.15) is 0 Å². The number of nitrogens with zero attached hydrogens (tertiary/aromatic N) is 1. The highest BCUT2D eigenvalue weighted by molar-refractivity contribution is 8.13. The van der Waals surface area contributed by atoms with Gasteiger partial charge in [-0.15, -0.1) is 0 Å². The predicted octanol–water partition coefficient (Wildman–Crippen LogP) is 7.91. The van der Waals surface area contributed by atoms with Crippen molar-refractivity contribution in [3.8, 4) is 0 Å². The van der Waals surface area contributed by atoms with Crippen molar-refractivity contribution in [2.75, 3.05) is 6.26 Å². The van der Waals surface area contributed by atoms with Crippen LogP contribution in [0.4, 0.5) is 0 Å². The van der Waals surface area contributed by atoms with E-state index in [0.29, 0.717) is 5.92 Å². The fraction of sp³-hybridized carbons (Fsp3) is 0.581. The molecule has 8 heteroatoms. The Kier molecular flexibility index (Phi) is 12.1. The van der Waals surface area contributed by atoms with E-state index in [4.69, 9.17) is 4.43 Å². The molecule has 0 aromatic heterocycles. The van der Waals surface area contributed by atoms with Crippen molar-refractivity contribution >= 4 is 35.2 Å². The maximum absolute atomic E-state index is 14.0. The van der Waals surface area contributed by atoms with Crippen LogP contribution < -0.4 is 0 Å². The standard InChI is InChI=1S/C31H49NO4S2Si/c1-23(2)21-28(36-39(9,10)31(5,6)7)24(3)30(33)37-29(27-19-15-12-16-20-27)25(4)32(38(8,34)35)22-26-17-13-11-14-18-26/h11-20,23-25,28-29H,21-22H2,1-10H3/t24-,25+,28-,29+/m0/s1. The van der Waals surface area contributed by atoms with E-state index in [9.17, 15) is 13.2 Å². The van der Waals surface area contributed by atoms with Crippen LogP contribution >= 0.6 is 11.8 Å². The van der Waals surface area contributed by atoms with Crippen molar-refractivity contribution in [2.45, 2.75) is 97.0 Å². The van der Waals surface area contributed by atoms with Gasteiger partial charge in [0.15, 0.2) is 13.4 Å². The predicted molar refractivity (Wildman–Crippen MR) is 169 cm³/mol. The summed E-state index contributed by atoms with van der Waals surface area (Å²) in [4.78, 5) is 14.0. The molecule has 2 aromatic carbocycles. The van der Waals surface area contributed by atoms with Crippen LogP contribution in [0.3, 0.4) is 0 Å². The van der Waals surface area contributed by atoms with E-state index in [1.807, 2.05) is 74.5 Å². The first-order chi connectivity index (χ1) is 17.9. The third-order valence-electron chi connectivity index (χ3n) is 7.76. The molecule has 5 nitrogen and oxygen atoms in total. The van der Waals surface area contributed by atoms with Gasteiger partial charge in [0.05, 0.1) is 23.5 Å². The van der Waals surface area contributed by atoms with Crippen molar-refractivity contribution < 1.29 is 17.6 Å². The quantitative estimate of drug-likeness (QED) is 0.222. The van der Waals surface area contributed by atoms with Gasteiger partial charge in [0, 0.05) is 12.6 Å². The smallest absolute Gasteiger partial charge is 0.211 e. The Bertz CT molecular complexity index is 1150. The lowest BCUT2D eigenvalue weighted by atomic mass is 9.97. The van der Waals surface area contributed by atoms with E-state index in [2.05, 4.69) is 47.7 Å². The molecular formula is C31H49NO4S2Si. The highest BCUT2D eigenvalue weighted by Gasteiger charge is 2.42. The molecule has 0 saturated carbocycles. The van der Waals surface area contributed by atoms with Gasteiger partial charge in [-0.3, -0.25) is 4.79 Å². The minimum Gasteiger partial charge on any atom is -0.413 e. The summed E-state index contributed by atoms with van der Waals surface area (Å²) in [5.74, 6) is 0.0567. The molecule has 0 saturated heterocycles. The molecule has 0 fully saturated rings. The number of sulfonamides is 1. The van der Waals surface area contributed by atoms with Gasteiger partial charge >= 0.3 is 0 Å². The van der Waals surface area contributed by atoms with Crippen LogP contribution in [0, 0.1) is 11.8 Å². The molecule has 2 aromatic rings. The summed E-state index contributed by atoms with van der Waals surface area (Å²) in [6.07, 6.45) is 1.86. The van der Waals surface area contributed by atoms with Crippen LogP contribution in [-0.4, -0.2) is 44.6 Å². The molecule has 0 aliphatic rings. The molecule has 4 atom stereocenters. The van der Waals surface area contributed by atoms with Crippen LogP contribution in [-0.2, 0) is 25.8 Å². The number of hydrogen-bond donors (Lipinski definition) is 0. The van der Waals surface area contributed by atoms with Gasteiger partial charge in [-0.1, -0.05) is 114 Å². The van der Waals surface area contributed by atoms with Crippen LogP contribution in [0.25, 0.3) is 0 Å². The van der Waals surface area contributed by atoms with Gasteiger partial charge in [0.25, 0.3) is 0 Å². The van der Waals surface area contributed by atoms with E-state index >= 15 is 0 Å². The molecule has 0 aliphatic heterocycles. The minimum atomic E-state index is -3.55. The zero-order valence-corrected chi connectivity index (χ0v) is 28.1. The third-order valence-corrected chi connectivity index (χ3v) is 15.1. The van der Waals surface area contributed by atoms with Gasteiger partial charge in [0.2, 0.25) is 10.0 Å². The zero-order chi connectivity index (χ0) is 29.6. The Morgan fingerprint density at radius 3 is 1.92 bits per heavy atom. The van der Waals surface area contributed by atoms with Gasteiger partial charge < -0.3 is 4.43 Å². The van der Waals surface area contributed by atoms with Crippen LogP contribution in [0.1, 0.15) is 71.3 Å². The normalized spacial score (nSPS) is 16.2. The second-order valence-corrected chi connectivity index (χ2v) is 20.5. The van der Waals surface area contributed by atoms with Crippen molar-refractivity contribution in [1.29, 1.82) is 0 Å². The fourth-order valence-electron chi connectivity index (χ4n) is 4.32. The molecule has 0 N–H and O–H groups in total. The molecule has 39 heavy (non-hydrogen) atoms. The maximum atomic E-state index is 14.0. The van der Waals surface area contributed by atoms with E-state index in [-0.39, 0.29) is 34.0 Å². The Balaban J connectivity index is 2.42. The number of carbonyl (C=O) groups is 1. The van der Waals surface area contributed by atoms with Crippen LogP contribution in [0.2, 0.25) is 18.1 Å². The number of benzene rings is 2. The lowest BCUT2D eigenvalue weighted by Gasteiger charge is -2.41. The Hall–Kier alpha value is -1.45. The van der Waals surface area contributed by atoms with Gasteiger partial charge in [-0.05, 0) is 48.5 Å². The monoisotopic (exact) mass is 591 g/mol. The average molecular weight is 592 g/mol. The summed E-state index contributed by atoms with van der Waals surface area (Å²) in [6, 6.07) is 18.9. The first kappa shape index (κ1) is 33.8. The van der Waals surface area contributed by atoms with E-state index in [1.54, 1.807) is 0 Å². The lowest BCUT2D eigenvalue weighted by Crippen LogP contribution is -2.47. The average Bonchev–Trinajstić information content (AvgIpc) is 2.83. The number of hydrogen-bond acceptors (Lipinski definition) is 5. The maximum Gasteiger partial charge on any atom is 0.211 e. The summed E-state index contributed by atoms with van der Waals surface area (Å²) < 4.78 is 34.4. The second kappa shape index (κ2) is 13.9. The Morgan fingerprint density at radius 1 is 0.949 bits per heavy atom. The van der Waals surface area contributed by atoms with Crippen molar-refractivity contribution in [3.63, 3.8) is 0 Å². The lowest BCUT2D eigenvalue weighted by molar-refractivity contribution is -0.117. The summed E-state index contributed by atoms with van der Waals surface area (Å²) in [7, 11) is -5.66. The highest BCUT2D eigenvalue weighted by Crippen LogP contribution is 2.42. The molecule has 0 amide bonds. The molecule has 218 valence electrons. The molecule has 2 rings (SSSR count). The van der Waals surface area contributed by atoms with Gasteiger partial charge in [-0.2, -0.15) is 4.31 Å². The minimum absolute atomic E-state index is 0.0344. The molecule has 0 unspecified atom stereocenters. The summed E-state index contributed by atoms with van der Waals surface area (Å²) in [6.45, 7) is 19.6. The summed E-state index contributed by atoms with van der Waals surface area (Å²) >= 11 is 1.25. The van der Waals surface area contributed by atoms with E-state index < -0.39 is 24.4 Å². The van der Waals surface area contributed by atoms with E-state index in [0.717, 1.165) is 17.5 Å². The fourth-order valence-corrected chi connectivity index (χ4v) is 8.17. The molecule has 0 bridgehead atoms.